The maximum atomic E-state index is 12.3. The quantitative estimate of drug-likeness (QED) is 0.799. The first kappa shape index (κ1) is 14.1. The number of carbonyl (C=O) groups excluding carboxylic acids is 1. The van der Waals surface area contributed by atoms with E-state index in [1.165, 1.54) is 0 Å². The van der Waals surface area contributed by atoms with Crippen molar-refractivity contribution in [2.45, 2.75) is 19.3 Å². The van der Waals surface area contributed by atoms with Gasteiger partial charge < -0.3 is 5.32 Å². The van der Waals surface area contributed by atoms with E-state index in [1.54, 1.807) is 0 Å². The molecule has 0 radical (unpaired) electrons. The molecule has 0 fully saturated rings. The third-order valence-corrected chi connectivity index (χ3v) is 3.76. The Kier molecular flexibility index (Phi) is 4.96. The van der Waals surface area contributed by atoms with Crippen molar-refractivity contribution < 1.29 is 4.79 Å². The summed E-state index contributed by atoms with van der Waals surface area (Å²) in [5.74, 6) is -0.0459. The number of anilines is 1. The van der Waals surface area contributed by atoms with Gasteiger partial charge in [0.15, 0.2) is 0 Å². The summed E-state index contributed by atoms with van der Waals surface area (Å²) in [5, 5.41) is 2.98. The van der Waals surface area contributed by atoms with Gasteiger partial charge in [-0.15, -0.1) is 0 Å². The highest BCUT2D eigenvalue weighted by Crippen LogP contribution is 2.21. The van der Waals surface area contributed by atoms with Crippen molar-refractivity contribution in [3.05, 3.63) is 63.7 Å². The van der Waals surface area contributed by atoms with Crippen LogP contribution < -0.4 is 5.32 Å². The van der Waals surface area contributed by atoms with E-state index in [-0.39, 0.29) is 11.8 Å². The van der Waals surface area contributed by atoms with Gasteiger partial charge in [0, 0.05) is 9.26 Å². The summed E-state index contributed by atoms with van der Waals surface area (Å²) in [4.78, 5) is 12.3. The van der Waals surface area contributed by atoms with Crippen molar-refractivity contribution in [3.8, 4) is 0 Å². The van der Waals surface area contributed by atoms with Gasteiger partial charge in [0.1, 0.15) is 0 Å². The standard InChI is InChI=1S/C16H16INO/c1-2-15(12-6-4-3-5-7-12)16(19)18-14-10-8-13(17)9-11-14/h3-11,15H,2H2,1H3,(H,18,19)/t15-/m1/s1. The minimum absolute atomic E-state index is 0.0508. The molecule has 0 bridgehead atoms. The number of halogens is 1. The van der Waals surface area contributed by atoms with Crippen LogP contribution in [0.3, 0.4) is 0 Å². The SMILES string of the molecule is CC[C@@H](C(=O)Nc1ccc(I)cc1)c1ccccc1. The maximum Gasteiger partial charge on any atom is 0.231 e. The van der Waals surface area contributed by atoms with Gasteiger partial charge in [-0.25, -0.2) is 0 Å². The normalized spacial score (nSPS) is 11.9. The molecule has 0 aliphatic heterocycles. The molecule has 0 unspecified atom stereocenters. The van der Waals surface area contributed by atoms with Crippen LogP contribution in [0.4, 0.5) is 5.69 Å². The van der Waals surface area contributed by atoms with Gasteiger partial charge in [0.05, 0.1) is 5.92 Å². The summed E-state index contributed by atoms with van der Waals surface area (Å²) in [5.41, 5.74) is 1.91. The van der Waals surface area contributed by atoms with Crippen LogP contribution in [-0.4, -0.2) is 5.91 Å². The van der Waals surface area contributed by atoms with Gasteiger partial charge in [-0.05, 0) is 58.8 Å². The Labute approximate surface area is 127 Å². The van der Waals surface area contributed by atoms with E-state index in [1.807, 2.05) is 61.5 Å². The Hall–Kier alpha value is -1.36. The third-order valence-electron chi connectivity index (χ3n) is 3.04. The maximum absolute atomic E-state index is 12.3. The molecule has 0 heterocycles. The second-order valence-electron chi connectivity index (χ2n) is 4.37. The zero-order valence-corrected chi connectivity index (χ0v) is 12.9. The van der Waals surface area contributed by atoms with E-state index < -0.39 is 0 Å². The molecule has 0 aliphatic rings. The van der Waals surface area contributed by atoms with E-state index in [0.717, 1.165) is 21.2 Å². The second kappa shape index (κ2) is 6.70. The fourth-order valence-corrected chi connectivity index (χ4v) is 2.38. The first-order valence-corrected chi connectivity index (χ1v) is 7.40. The van der Waals surface area contributed by atoms with Crippen LogP contribution in [0.15, 0.2) is 54.6 Å². The predicted octanol–water partition coefficient (Wildman–Crippen LogP) is 4.42. The number of rotatable bonds is 4. The van der Waals surface area contributed by atoms with Gasteiger partial charge in [-0.1, -0.05) is 37.3 Å². The highest BCUT2D eigenvalue weighted by atomic mass is 127. The smallest absolute Gasteiger partial charge is 0.231 e. The fraction of sp³-hybridized carbons (Fsp3) is 0.188. The number of hydrogen-bond donors (Lipinski definition) is 1. The number of hydrogen-bond acceptors (Lipinski definition) is 1. The number of carbonyl (C=O) groups is 1. The summed E-state index contributed by atoms with van der Waals surface area (Å²) in [6.45, 7) is 2.03. The van der Waals surface area contributed by atoms with Crippen molar-refractivity contribution >= 4 is 34.2 Å². The molecule has 2 aromatic rings. The van der Waals surface area contributed by atoms with Crippen LogP contribution in [0.25, 0.3) is 0 Å². The average Bonchev–Trinajstić information content (AvgIpc) is 2.43. The summed E-state index contributed by atoms with van der Waals surface area (Å²) in [7, 11) is 0. The zero-order valence-electron chi connectivity index (χ0n) is 10.8. The van der Waals surface area contributed by atoms with E-state index in [2.05, 4.69) is 27.9 Å². The number of nitrogens with one attached hydrogen (secondary N) is 1. The molecule has 0 aliphatic carbocycles. The molecule has 98 valence electrons. The molecule has 1 N–H and O–H groups in total. The average molecular weight is 365 g/mol. The Balaban J connectivity index is 2.11. The molecule has 1 amide bonds. The molecule has 0 spiro atoms. The molecule has 2 nitrogen and oxygen atoms in total. The molecule has 0 aromatic heterocycles. The number of benzene rings is 2. The highest BCUT2D eigenvalue weighted by Gasteiger charge is 2.18. The summed E-state index contributed by atoms with van der Waals surface area (Å²) >= 11 is 2.25. The van der Waals surface area contributed by atoms with Crippen LogP contribution in [-0.2, 0) is 4.79 Å². The van der Waals surface area contributed by atoms with Crippen molar-refractivity contribution in [2.24, 2.45) is 0 Å². The van der Waals surface area contributed by atoms with Gasteiger partial charge in [0.25, 0.3) is 0 Å². The van der Waals surface area contributed by atoms with Gasteiger partial charge in [-0.3, -0.25) is 4.79 Å². The summed E-state index contributed by atoms with van der Waals surface area (Å²) in [6, 6.07) is 17.7. The fourth-order valence-electron chi connectivity index (χ4n) is 2.02. The van der Waals surface area contributed by atoms with E-state index in [4.69, 9.17) is 0 Å². The van der Waals surface area contributed by atoms with Crippen LogP contribution in [0.1, 0.15) is 24.8 Å². The van der Waals surface area contributed by atoms with E-state index in [9.17, 15) is 4.79 Å². The lowest BCUT2D eigenvalue weighted by Crippen LogP contribution is -2.20. The Morgan fingerprint density at radius 3 is 2.32 bits per heavy atom. The molecule has 0 saturated carbocycles. The lowest BCUT2D eigenvalue weighted by Gasteiger charge is -2.15. The van der Waals surface area contributed by atoms with Gasteiger partial charge >= 0.3 is 0 Å². The summed E-state index contributed by atoms with van der Waals surface area (Å²) < 4.78 is 1.16. The lowest BCUT2D eigenvalue weighted by molar-refractivity contribution is -0.117. The van der Waals surface area contributed by atoms with Crippen molar-refractivity contribution in [2.75, 3.05) is 5.32 Å². The van der Waals surface area contributed by atoms with Crippen LogP contribution in [0.5, 0.6) is 0 Å². The van der Waals surface area contributed by atoms with E-state index >= 15 is 0 Å². The first-order valence-electron chi connectivity index (χ1n) is 6.32. The van der Waals surface area contributed by atoms with Crippen molar-refractivity contribution in [1.82, 2.24) is 0 Å². The zero-order chi connectivity index (χ0) is 13.7. The molecular weight excluding hydrogens is 349 g/mol. The molecule has 19 heavy (non-hydrogen) atoms. The van der Waals surface area contributed by atoms with Crippen LogP contribution >= 0.6 is 22.6 Å². The van der Waals surface area contributed by atoms with Gasteiger partial charge in [-0.2, -0.15) is 0 Å². The monoisotopic (exact) mass is 365 g/mol. The van der Waals surface area contributed by atoms with Crippen LogP contribution in [0, 0.1) is 3.57 Å². The molecule has 0 saturated heterocycles. The topological polar surface area (TPSA) is 29.1 Å². The predicted molar refractivity (Wildman–Crippen MR) is 87.3 cm³/mol. The minimum atomic E-state index is -0.0968. The summed E-state index contributed by atoms with van der Waals surface area (Å²) in [6.07, 6.45) is 0.792. The van der Waals surface area contributed by atoms with Gasteiger partial charge in [0.2, 0.25) is 5.91 Å². The molecule has 1 atom stereocenters. The van der Waals surface area contributed by atoms with E-state index in [0.29, 0.717) is 0 Å². The molecule has 3 heteroatoms. The van der Waals surface area contributed by atoms with Crippen molar-refractivity contribution in [1.29, 1.82) is 0 Å². The lowest BCUT2D eigenvalue weighted by atomic mass is 9.95. The molecular formula is C16H16INO. The minimum Gasteiger partial charge on any atom is -0.326 e. The molecule has 2 aromatic carbocycles. The highest BCUT2D eigenvalue weighted by molar-refractivity contribution is 14.1. The largest absolute Gasteiger partial charge is 0.326 e. The number of amides is 1. The Bertz CT molecular complexity index is 536. The first-order chi connectivity index (χ1) is 9.20. The third kappa shape index (κ3) is 3.80. The second-order valence-corrected chi connectivity index (χ2v) is 5.61. The van der Waals surface area contributed by atoms with Crippen LogP contribution in [0.2, 0.25) is 0 Å². The molecule has 2 rings (SSSR count). The van der Waals surface area contributed by atoms with Crippen molar-refractivity contribution in [3.63, 3.8) is 0 Å². The Morgan fingerprint density at radius 1 is 1.11 bits per heavy atom. The Morgan fingerprint density at radius 2 is 1.74 bits per heavy atom.